The molecule has 2 bridgehead atoms. The van der Waals surface area contributed by atoms with Crippen LogP contribution < -0.4 is 0 Å². The lowest BCUT2D eigenvalue weighted by Gasteiger charge is -2.39. The Bertz CT molecular complexity index is 1170. The van der Waals surface area contributed by atoms with Gasteiger partial charge in [-0.25, -0.2) is 9.50 Å². The minimum atomic E-state index is -4.67. The predicted octanol–water partition coefficient (Wildman–Crippen LogP) is 5.05. The number of carbonyl (C=O) groups excluding carboxylic acids is 1. The standard InChI is InChI=1S/C22H23F3N4O2/c1-20(2)9-13-10-21(3,11-20)12-28(13)19(30)15-8-18-26-14(16-5-4-6-31-16)7-17(22(23,24)25)29(18)27-15/h4-8,13H,9-12H2,1-3H3/t13-,21+/m0/s1. The first kappa shape index (κ1) is 20.1. The van der Waals surface area contributed by atoms with E-state index in [0.717, 1.165) is 25.3 Å². The van der Waals surface area contributed by atoms with Gasteiger partial charge in [0.1, 0.15) is 5.69 Å². The highest BCUT2D eigenvalue weighted by Gasteiger charge is 2.51. The van der Waals surface area contributed by atoms with E-state index in [4.69, 9.17) is 4.42 Å². The third-order valence-corrected chi connectivity index (χ3v) is 6.39. The van der Waals surface area contributed by atoms with Crippen molar-refractivity contribution in [3.8, 4) is 11.5 Å². The average molecular weight is 432 g/mol. The van der Waals surface area contributed by atoms with Crippen LogP contribution in [-0.2, 0) is 6.18 Å². The third kappa shape index (κ3) is 3.40. The zero-order valence-electron chi connectivity index (χ0n) is 17.5. The predicted molar refractivity (Wildman–Crippen MR) is 106 cm³/mol. The molecule has 2 aliphatic rings. The van der Waals surface area contributed by atoms with Gasteiger partial charge < -0.3 is 9.32 Å². The van der Waals surface area contributed by atoms with Crippen LogP contribution in [-0.4, -0.2) is 38.0 Å². The Morgan fingerprint density at radius 1 is 1.23 bits per heavy atom. The number of likely N-dealkylation sites (tertiary alicyclic amines) is 1. The van der Waals surface area contributed by atoms with Crippen molar-refractivity contribution in [1.29, 1.82) is 0 Å². The monoisotopic (exact) mass is 432 g/mol. The Hall–Kier alpha value is -2.84. The van der Waals surface area contributed by atoms with E-state index in [1.165, 1.54) is 18.4 Å². The second-order valence-corrected chi connectivity index (χ2v) is 9.95. The van der Waals surface area contributed by atoms with Crippen molar-refractivity contribution in [2.75, 3.05) is 6.54 Å². The van der Waals surface area contributed by atoms with E-state index < -0.39 is 11.9 Å². The van der Waals surface area contributed by atoms with E-state index in [2.05, 4.69) is 30.9 Å². The Kier molecular flexibility index (Phi) is 4.11. The molecule has 5 rings (SSSR count). The fraction of sp³-hybridized carbons (Fsp3) is 0.500. The molecule has 3 aromatic heterocycles. The molecule has 164 valence electrons. The molecule has 9 heteroatoms. The van der Waals surface area contributed by atoms with E-state index in [1.54, 1.807) is 11.0 Å². The summed E-state index contributed by atoms with van der Waals surface area (Å²) in [4.78, 5) is 19.4. The summed E-state index contributed by atoms with van der Waals surface area (Å²) in [5.74, 6) is -0.129. The first-order valence-corrected chi connectivity index (χ1v) is 10.3. The van der Waals surface area contributed by atoms with Gasteiger partial charge >= 0.3 is 6.18 Å². The van der Waals surface area contributed by atoms with E-state index in [-0.39, 0.29) is 45.6 Å². The number of amides is 1. The third-order valence-electron chi connectivity index (χ3n) is 6.39. The molecule has 1 amide bonds. The first-order valence-electron chi connectivity index (χ1n) is 10.3. The quantitative estimate of drug-likeness (QED) is 0.569. The number of aromatic nitrogens is 3. The molecule has 2 atom stereocenters. The molecule has 1 saturated carbocycles. The lowest BCUT2D eigenvalue weighted by molar-refractivity contribution is -0.142. The second-order valence-electron chi connectivity index (χ2n) is 9.95. The maximum atomic E-state index is 13.7. The number of hydrogen-bond donors (Lipinski definition) is 0. The molecule has 1 aliphatic carbocycles. The fourth-order valence-corrected chi connectivity index (χ4v) is 5.68. The van der Waals surface area contributed by atoms with Gasteiger partial charge in [-0.15, -0.1) is 0 Å². The van der Waals surface area contributed by atoms with Crippen LogP contribution in [0.25, 0.3) is 17.1 Å². The van der Waals surface area contributed by atoms with Gasteiger partial charge in [-0.3, -0.25) is 4.79 Å². The smallest absolute Gasteiger partial charge is 0.433 e. The van der Waals surface area contributed by atoms with Gasteiger partial charge in [-0.05, 0) is 48.3 Å². The van der Waals surface area contributed by atoms with Crippen molar-refractivity contribution < 1.29 is 22.4 Å². The fourth-order valence-electron chi connectivity index (χ4n) is 5.68. The van der Waals surface area contributed by atoms with E-state index in [0.29, 0.717) is 11.1 Å². The molecule has 4 heterocycles. The number of hydrogen-bond acceptors (Lipinski definition) is 4. The number of alkyl halides is 3. The van der Waals surface area contributed by atoms with Crippen LogP contribution in [0.15, 0.2) is 34.9 Å². The van der Waals surface area contributed by atoms with Crippen LogP contribution in [0.3, 0.4) is 0 Å². The highest BCUT2D eigenvalue weighted by Crippen LogP contribution is 2.52. The molecule has 0 aromatic carbocycles. The highest BCUT2D eigenvalue weighted by molar-refractivity contribution is 5.94. The molecular weight excluding hydrogens is 409 g/mol. The zero-order chi connectivity index (χ0) is 22.2. The van der Waals surface area contributed by atoms with Crippen molar-refractivity contribution >= 4 is 11.6 Å². The minimum Gasteiger partial charge on any atom is -0.463 e. The number of rotatable bonds is 2. The van der Waals surface area contributed by atoms with E-state index in [9.17, 15) is 18.0 Å². The summed E-state index contributed by atoms with van der Waals surface area (Å²) in [7, 11) is 0. The largest absolute Gasteiger partial charge is 0.463 e. The van der Waals surface area contributed by atoms with E-state index >= 15 is 0 Å². The Labute approximate surface area is 177 Å². The first-order chi connectivity index (χ1) is 14.4. The van der Waals surface area contributed by atoms with Crippen molar-refractivity contribution in [2.45, 2.75) is 52.3 Å². The van der Waals surface area contributed by atoms with Gasteiger partial charge in [0.2, 0.25) is 0 Å². The average Bonchev–Trinajstić information content (AvgIpc) is 3.35. The molecule has 1 saturated heterocycles. The molecule has 0 radical (unpaired) electrons. The molecule has 1 aliphatic heterocycles. The van der Waals surface area contributed by atoms with Crippen LogP contribution in [0.1, 0.15) is 56.2 Å². The maximum absolute atomic E-state index is 13.7. The van der Waals surface area contributed by atoms with Gasteiger partial charge in [0, 0.05) is 18.7 Å². The molecule has 0 unspecified atom stereocenters. The molecule has 6 nitrogen and oxygen atoms in total. The zero-order valence-corrected chi connectivity index (χ0v) is 17.5. The topological polar surface area (TPSA) is 63.6 Å². The van der Waals surface area contributed by atoms with Crippen LogP contribution in [0.2, 0.25) is 0 Å². The normalized spacial score (nSPS) is 25.4. The Morgan fingerprint density at radius 3 is 2.68 bits per heavy atom. The Balaban J connectivity index is 1.56. The number of carbonyl (C=O) groups is 1. The molecule has 2 fully saturated rings. The lowest BCUT2D eigenvalue weighted by atomic mass is 9.65. The molecule has 0 N–H and O–H groups in total. The molecule has 3 aromatic rings. The lowest BCUT2D eigenvalue weighted by Crippen LogP contribution is -2.37. The summed E-state index contributed by atoms with van der Waals surface area (Å²) in [6.07, 6.45) is -0.512. The summed E-state index contributed by atoms with van der Waals surface area (Å²) in [6, 6.07) is 5.40. The van der Waals surface area contributed by atoms with Crippen molar-refractivity contribution in [1.82, 2.24) is 19.5 Å². The van der Waals surface area contributed by atoms with Gasteiger partial charge in [-0.1, -0.05) is 20.8 Å². The van der Waals surface area contributed by atoms with Gasteiger partial charge in [0.25, 0.3) is 5.91 Å². The van der Waals surface area contributed by atoms with Crippen LogP contribution >= 0.6 is 0 Å². The number of halogens is 3. The molecular formula is C22H23F3N4O2. The summed E-state index contributed by atoms with van der Waals surface area (Å²) in [6.45, 7) is 7.17. The van der Waals surface area contributed by atoms with Gasteiger partial charge in [0.05, 0.1) is 6.26 Å². The van der Waals surface area contributed by atoms with Crippen molar-refractivity contribution in [3.05, 3.63) is 41.9 Å². The van der Waals surface area contributed by atoms with Crippen molar-refractivity contribution in [2.24, 2.45) is 10.8 Å². The maximum Gasteiger partial charge on any atom is 0.433 e. The summed E-state index contributed by atoms with van der Waals surface area (Å²) in [5, 5.41) is 4.03. The van der Waals surface area contributed by atoms with Crippen LogP contribution in [0, 0.1) is 10.8 Å². The second kappa shape index (κ2) is 6.34. The number of furan rings is 1. The highest BCUT2D eigenvalue weighted by atomic mass is 19.4. The van der Waals surface area contributed by atoms with Gasteiger partial charge in [-0.2, -0.15) is 18.3 Å². The number of nitrogens with zero attached hydrogens (tertiary/aromatic N) is 4. The molecule has 0 spiro atoms. The molecule has 31 heavy (non-hydrogen) atoms. The van der Waals surface area contributed by atoms with Crippen molar-refractivity contribution in [3.63, 3.8) is 0 Å². The minimum absolute atomic E-state index is 0.0169. The summed E-state index contributed by atoms with van der Waals surface area (Å²) >= 11 is 0. The SMILES string of the molecule is CC1(C)C[C@H]2C[C@@](C)(CN2C(=O)c2cc3nc(-c4ccco4)cc(C(F)(F)F)n3n2)C1. The summed E-state index contributed by atoms with van der Waals surface area (Å²) in [5.41, 5.74) is -0.898. The Morgan fingerprint density at radius 2 is 2.00 bits per heavy atom. The summed E-state index contributed by atoms with van der Waals surface area (Å²) < 4.78 is 47.2. The van der Waals surface area contributed by atoms with Crippen LogP contribution in [0.5, 0.6) is 0 Å². The van der Waals surface area contributed by atoms with Gasteiger partial charge in [0.15, 0.2) is 22.8 Å². The van der Waals surface area contributed by atoms with Crippen LogP contribution in [0.4, 0.5) is 13.2 Å². The van der Waals surface area contributed by atoms with E-state index in [1.807, 2.05) is 0 Å². The number of fused-ring (bicyclic) bond motifs is 3.